The molecule has 3 aromatic rings. The van der Waals surface area contributed by atoms with Crippen molar-refractivity contribution in [2.75, 3.05) is 0 Å². The van der Waals surface area contributed by atoms with Gasteiger partial charge in [0.2, 0.25) is 5.91 Å². The lowest BCUT2D eigenvalue weighted by molar-refractivity contribution is -0.120. The number of hydrogen-bond donors (Lipinski definition) is 2. The van der Waals surface area contributed by atoms with Gasteiger partial charge in [0.1, 0.15) is 16.9 Å². The van der Waals surface area contributed by atoms with E-state index in [9.17, 15) is 4.79 Å². The standard InChI is InChI=1S/C15H14ClN5OS/c1-9(14(22)17-6-10-2-4-11(16)5-3-10)23-15-12-13(19-7-18-12)20-8-21-15/h2-5,7-9H,6H2,1H3,(H,17,22)(H,18,19,20,21)/t9-/m0/s1. The average molecular weight is 348 g/mol. The van der Waals surface area contributed by atoms with E-state index in [1.807, 2.05) is 19.1 Å². The number of amides is 1. The number of nitrogens with zero attached hydrogens (tertiary/aromatic N) is 3. The molecule has 2 heterocycles. The Morgan fingerprint density at radius 1 is 1.30 bits per heavy atom. The zero-order valence-corrected chi connectivity index (χ0v) is 13.9. The van der Waals surface area contributed by atoms with E-state index in [1.165, 1.54) is 18.1 Å². The lowest BCUT2D eigenvalue weighted by atomic mass is 10.2. The second kappa shape index (κ2) is 6.97. The first-order chi connectivity index (χ1) is 11.1. The molecule has 0 saturated heterocycles. The van der Waals surface area contributed by atoms with Crippen molar-refractivity contribution in [3.8, 4) is 0 Å². The summed E-state index contributed by atoms with van der Waals surface area (Å²) in [5.74, 6) is -0.0590. The maximum atomic E-state index is 12.2. The first-order valence-electron chi connectivity index (χ1n) is 6.96. The Kier molecular flexibility index (Phi) is 4.78. The van der Waals surface area contributed by atoms with E-state index in [0.717, 1.165) is 11.1 Å². The van der Waals surface area contributed by atoms with E-state index in [0.29, 0.717) is 22.2 Å². The Morgan fingerprint density at radius 3 is 2.87 bits per heavy atom. The molecular weight excluding hydrogens is 334 g/mol. The maximum absolute atomic E-state index is 12.2. The molecule has 2 N–H and O–H groups in total. The summed E-state index contributed by atoms with van der Waals surface area (Å²) in [6.45, 7) is 2.30. The summed E-state index contributed by atoms with van der Waals surface area (Å²) in [5.41, 5.74) is 2.34. The van der Waals surface area contributed by atoms with Crippen LogP contribution in [0.2, 0.25) is 5.02 Å². The molecule has 0 unspecified atom stereocenters. The largest absolute Gasteiger partial charge is 0.351 e. The van der Waals surface area contributed by atoms with Gasteiger partial charge in [0, 0.05) is 11.6 Å². The molecule has 3 rings (SSSR count). The topological polar surface area (TPSA) is 83.6 Å². The van der Waals surface area contributed by atoms with Crippen LogP contribution in [0.5, 0.6) is 0 Å². The molecule has 0 aliphatic rings. The van der Waals surface area contributed by atoms with Crippen LogP contribution in [0.4, 0.5) is 0 Å². The minimum absolute atomic E-state index is 0.0590. The van der Waals surface area contributed by atoms with Gasteiger partial charge in [0.15, 0.2) is 5.65 Å². The molecule has 0 saturated carbocycles. The third-order valence-electron chi connectivity index (χ3n) is 3.23. The highest BCUT2D eigenvalue weighted by molar-refractivity contribution is 8.00. The van der Waals surface area contributed by atoms with Gasteiger partial charge in [-0.1, -0.05) is 35.5 Å². The van der Waals surface area contributed by atoms with Gasteiger partial charge in [-0.3, -0.25) is 4.79 Å². The van der Waals surface area contributed by atoms with Crippen LogP contribution in [0.3, 0.4) is 0 Å². The van der Waals surface area contributed by atoms with Gasteiger partial charge in [-0.05, 0) is 24.6 Å². The Morgan fingerprint density at radius 2 is 2.09 bits per heavy atom. The number of rotatable bonds is 5. The number of carbonyl (C=O) groups is 1. The summed E-state index contributed by atoms with van der Waals surface area (Å²) < 4.78 is 0. The quantitative estimate of drug-likeness (QED) is 0.547. The second-order valence-electron chi connectivity index (χ2n) is 4.88. The van der Waals surface area contributed by atoms with E-state index < -0.39 is 0 Å². The van der Waals surface area contributed by atoms with Gasteiger partial charge in [0.25, 0.3) is 0 Å². The Hall–Kier alpha value is -2.12. The monoisotopic (exact) mass is 347 g/mol. The summed E-state index contributed by atoms with van der Waals surface area (Å²) in [5, 5.41) is 4.01. The number of benzene rings is 1. The van der Waals surface area contributed by atoms with E-state index in [4.69, 9.17) is 11.6 Å². The lowest BCUT2D eigenvalue weighted by Gasteiger charge is -2.11. The van der Waals surface area contributed by atoms with Crippen molar-refractivity contribution < 1.29 is 4.79 Å². The predicted octanol–water partition coefficient (Wildman–Crippen LogP) is 2.80. The maximum Gasteiger partial charge on any atom is 0.233 e. The smallest absolute Gasteiger partial charge is 0.233 e. The van der Waals surface area contributed by atoms with Crippen LogP contribution >= 0.6 is 23.4 Å². The fourth-order valence-electron chi connectivity index (χ4n) is 1.99. The van der Waals surface area contributed by atoms with Gasteiger partial charge < -0.3 is 10.3 Å². The van der Waals surface area contributed by atoms with Gasteiger partial charge >= 0.3 is 0 Å². The van der Waals surface area contributed by atoms with E-state index in [-0.39, 0.29) is 11.2 Å². The Balaban J connectivity index is 1.61. The highest BCUT2D eigenvalue weighted by atomic mass is 35.5. The summed E-state index contributed by atoms with van der Waals surface area (Å²) in [7, 11) is 0. The molecule has 1 aromatic carbocycles. The van der Waals surface area contributed by atoms with Gasteiger partial charge in [-0.25, -0.2) is 15.0 Å². The second-order valence-corrected chi connectivity index (χ2v) is 6.65. The number of imidazole rings is 1. The molecule has 0 fully saturated rings. The average Bonchev–Trinajstić information content (AvgIpc) is 3.03. The minimum atomic E-state index is -0.288. The van der Waals surface area contributed by atoms with Gasteiger partial charge in [0.05, 0.1) is 11.6 Å². The summed E-state index contributed by atoms with van der Waals surface area (Å²) in [4.78, 5) is 27.6. The molecule has 0 radical (unpaired) electrons. The van der Waals surface area contributed by atoms with Gasteiger partial charge in [-0.2, -0.15) is 0 Å². The molecule has 0 spiro atoms. The zero-order chi connectivity index (χ0) is 16.2. The normalized spacial score (nSPS) is 12.3. The van der Waals surface area contributed by atoms with Crippen LogP contribution in [-0.4, -0.2) is 31.1 Å². The highest BCUT2D eigenvalue weighted by Crippen LogP contribution is 2.26. The van der Waals surface area contributed by atoms with Crippen LogP contribution < -0.4 is 5.32 Å². The number of nitrogens with one attached hydrogen (secondary N) is 2. The highest BCUT2D eigenvalue weighted by Gasteiger charge is 2.17. The number of aromatic nitrogens is 4. The lowest BCUT2D eigenvalue weighted by Crippen LogP contribution is -2.30. The van der Waals surface area contributed by atoms with Crippen molar-refractivity contribution in [3.63, 3.8) is 0 Å². The summed E-state index contributed by atoms with van der Waals surface area (Å²) >= 11 is 7.21. The number of halogens is 1. The van der Waals surface area contributed by atoms with E-state index in [2.05, 4.69) is 25.3 Å². The Labute approximate surface area is 142 Å². The van der Waals surface area contributed by atoms with Gasteiger partial charge in [-0.15, -0.1) is 0 Å². The third-order valence-corrected chi connectivity index (χ3v) is 4.58. The first kappa shape index (κ1) is 15.8. The molecule has 2 aromatic heterocycles. The molecular formula is C15H14ClN5OS. The molecule has 0 bridgehead atoms. The van der Waals surface area contributed by atoms with Crippen LogP contribution in [0.1, 0.15) is 12.5 Å². The number of carbonyl (C=O) groups excluding carboxylic acids is 1. The number of aromatic amines is 1. The van der Waals surface area contributed by atoms with Crippen molar-refractivity contribution in [2.45, 2.75) is 23.7 Å². The molecule has 0 aliphatic heterocycles. The van der Waals surface area contributed by atoms with Crippen molar-refractivity contribution in [1.82, 2.24) is 25.3 Å². The molecule has 8 heteroatoms. The minimum Gasteiger partial charge on any atom is -0.351 e. The number of thioether (sulfide) groups is 1. The predicted molar refractivity (Wildman–Crippen MR) is 90.3 cm³/mol. The Bertz CT molecular complexity index is 820. The molecule has 6 nitrogen and oxygen atoms in total. The van der Waals surface area contributed by atoms with E-state index >= 15 is 0 Å². The van der Waals surface area contributed by atoms with Crippen LogP contribution in [-0.2, 0) is 11.3 Å². The molecule has 0 aliphatic carbocycles. The van der Waals surface area contributed by atoms with Crippen LogP contribution in [0, 0.1) is 0 Å². The summed E-state index contributed by atoms with van der Waals surface area (Å²) in [6, 6.07) is 7.38. The third kappa shape index (κ3) is 3.80. The van der Waals surface area contributed by atoms with Crippen LogP contribution in [0.25, 0.3) is 11.2 Å². The fraction of sp³-hybridized carbons (Fsp3) is 0.200. The molecule has 23 heavy (non-hydrogen) atoms. The molecule has 1 atom stereocenters. The van der Waals surface area contributed by atoms with Crippen molar-refractivity contribution >= 4 is 40.4 Å². The number of hydrogen-bond acceptors (Lipinski definition) is 5. The molecule has 118 valence electrons. The first-order valence-corrected chi connectivity index (χ1v) is 8.22. The van der Waals surface area contributed by atoms with Crippen molar-refractivity contribution in [2.24, 2.45) is 0 Å². The number of fused-ring (bicyclic) bond motifs is 1. The van der Waals surface area contributed by atoms with Crippen LogP contribution in [0.15, 0.2) is 41.9 Å². The number of H-pyrrole nitrogens is 1. The van der Waals surface area contributed by atoms with Crippen molar-refractivity contribution in [3.05, 3.63) is 47.5 Å². The van der Waals surface area contributed by atoms with Crippen molar-refractivity contribution in [1.29, 1.82) is 0 Å². The molecule has 1 amide bonds. The fourth-order valence-corrected chi connectivity index (χ4v) is 3.02. The SMILES string of the molecule is C[C@H](Sc1ncnc2nc[nH]c12)C(=O)NCc1ccc(Cl)cc1. The zero-order valence-electron chi connectivity index (χ0n) is 12.3. The summed E-state index contributed by atoms with van der Waals surface area (Å²) in [6.07, 6.45) is 3.01. The van der Waals surface area contributed by atoms with E-state index in [1.54, 1.807) is 18.5 Å².